The molecule has 9 nitrogen and oxygen atoms in total. The van der Waals surface area contributed by atoms with Crippen LogP contribution in [0.5, 0.6) is 0 Å². The number of carbonyl (C=O) groups is 1. The van der Waals surface area contributed by atoms with E-state index in [4.69, 9.17) is 14.8 Å². The van der Waals surface area contributed by atoms with Crippen LogP contribution in [0.25, 0.3) is 0 Å². The van der Waals surface area contributed by atoms with Crippen LogP contribution in [0, 0.1) is 0 Å². The Morgan fingerprint density at radius 2 is 1.04 bits per heavy atom. The molecule has 4 unspecified atom stereocenters. The predicted octanol–water partition coefficient (Wildman–Crippen LogP) is 11.0. The molecule has 0 saturated carbocycles. The van der Waals surface area contributed by atoms with E-state index in [9.17, 15) is 24.5 Å². The second-order valence-electron chi connectivity index (χ2n) is 15.1. The van der Waals surface area contributed by atoms with Crippen molar-refractivity contribution in [1.82, 2.24) is 5.32 Å². The summed E-state index contributed by atoms with van der Waals surface area (Å²) in [4.78, 5) is 22.7. The van der Waals surface area contributed by atoms with Gasteiger partial charge in [0.15, 0.2) is 0 Å². The number of rotatable bonds is 41. The molecule has 0 aliphatic rings. The van der Waals surface area contributed by atoms with Gasteiger partial charge in [0.05, 0.1) is 37.9 Å². The molecule has 0 saturated heterocycles. The Kier molecular flexibility index (Phi) is 37.9. The molecule has 0 aromatic heterocycles. The molecule has 0 rings (SSSR count). The lowest BCUT2D eigenvalue weighted by Gasteiger charge is -2.25. The molecule has 6 N–H and O–H groups in total. The monoisotopic (exact) mass is 761 g/mol. The quantitative estimate of drug-likeness (QED) is 0.0235. The number of phosphoric acid groups is 1. The summed E-state index contributed by atoms with van der Waals surface area (Å²) in [7, 11) is -4.37. The zero-order chi connectivity index (χ0) is 38.4. The summed E-state index contributed by atoms with van der Waals surface area (Å²) in [6.45, 7) is 4.04. The zero-order valence-corrected chi connectivity index (χ0v) is 34.8. The van der Waals surface area contributed by atoms with Gasteiger partial charge in [0.25, 0.3) is 0 Å². The highest BCUT2D eigenvalue weighted by atomic mass is 31.2. The van der Waals surface area contributed by atoms with E-state index in [1.54, 1.807) is 0 Å². The molecule has 0 aromatic rings. The van der Waals surface area contributed by atoms with E-state index in [0.717, 1.165) is 44.9 Å². The van der Waals surface area contributed by atoms with Gasteiger partial charge in [-0.15, -0.1) is 0 Å². The summed E-state index contributed by atoms with van der Waals surface area (Å²) in [5, 5.41) is 24.1. The Bertz CT molecular complexity index is 847. The Morgan fingerprint density at radius 3 is 1.48 bits per heavy atom. The van der Waals surface area contributed by atoms with Gasteiger partial charge in [0.1, 0.15) is 0 Å². The fraction of sp³-hybridized carbons (Fsp3) is 0.929. The number of aliphatic hydroxyl groups excluding tert-OH is 2. The second-order valence-corrected chi connectivity index (χ2v) is 16.6. The van der Waals surface area contributed by atoms with Crippen LogP contribution in [0.15, 0.2) is 12.2 Å². The molecule has 0 heterocycles. The Balaban J connectivity index is 4.20. The van der Waals surface area contributed by atoms with Crippen LogP contribution >= 0.6 is 7.82 Å². The van der Waals surface area contributed by atoms with Crippen LogP contribution < -0.4 is 11.1 Å². The molecule has 0 aliphatic heterocycles. The largest absolute Gasteiger partial charge is 0.472 e. The minimum Gasteiger partial charge on any atom is -0.393 e. The number of phosphoric ester groups is 1. The molecule has 0 bridgehead atoms. The maximum atomic E-state index is 12.8. The minimum absolute atomic E-state index is 0.0598. The van der Waals surface area contributed by atoms with Gasteiger partial charge in [0, 0.05) is 6.54 Å². The fourth-order valence-corrected chi connectivity index (χ4v) is 7.35. The van der Waals surface area contributed by atoms with Gasteiger partial charge in [-0.05, 0) is 38.5 Å². The van der Waals surface area contributed by atoms with Crippen molar-refractivity contribution in [2.24, 2.45) is 5.73 Å². The van der Waals surface area contributed by atoms with Crippen LogP contribution in [0.2, 0.25) is 0 Å². The Labute approximate surface area is 320 Å². The van der Waals surface area contributed by atoms with E-state index >= 15 is 0 Å². The van der Waals surface area contributed by atoms with Gasteiger partial charge >= 0.3 is 7.82 Å². The fourth-order valence-electron chi connectivity index (χ4n) is 6.59. The first-order valence-corrected chi connectivity index (χ1v) is 23.4. The average Bonchev–Trinajstić information content (AvgIpc) is 3.12. The highest BCUT2D eigenvalue weighted by Crippen LogP contribution is 2.43. The van der Waals surface area contributed by atoms with Crippen LogP contribution in [0.1, 0.15) is 213 Å². The van der Waals surface area contributed by atoms with Crippen LogP contribution in [-0.2, 0) is 18.4 Å². The lowest BCUT2D eigenvalue weighted by molar-refractivity contribution is -0.125. The lowest BCUT2D eigenvalue weighted by atomic mass is 10.0. The molecular weight excluding hydrogens is 675 g/mol. The van der Waals surface area contributed by atoms with Crippen molar-refractivity contribution in [3.05, 3.63) is 12.2 Å². The van der Waals surface area contributed by atoms with E-state index < -0.39 is 32.0 Å². The van der Waals surface area contributed by atoms with Crippen molar-refractivity contribution in [1.29, 1.82) is 0 Å². The zero-order valence-electron chi connectivity index (χ0n) is 33.9. The molecule has 10 heteroatoms. The van der Waals surface area contributed by atoms with Gasteiger partial charge < -0.3 is 26.2 Å². The molecule has 310 valence electrons. The number of unbranched alkanes of at least 4 members (excludes halogenated alkanes) is 25. The topological polar surface area (TPSA) is 151 Å². The lowest BCUT2D eigenvalue weighted by Crippen LogP contribution is -2.47. The van der Waals surface area contributed by atoms with Crippen molar-refractivity contribution < 1.29 is 33.5 Å². The normalized spacial score (nSPS) is 14.8. The number of nitrogens with one attached hydrogen (secondary N) is 1. The number of amides is 1. The van der Waals surface area contributed by atoms with E-state index in [0.29, 0.717) is 12.8 Å². The summed E-state index contributed by atoms with van der Waals surface area (Å²) >= 11 is 0. The van der Waals surface area contributed by atoms with Crippen molar-refractivity contribution in [2.45, 2.75) is 231 Å². The van der Waals surface area contributed by atoms with Crippen molar-refractivity contribution >= 4 is 13.7 Å². The molecular formula is C42H85N2O7P. The molecule has 0 radical (unpaired) electrons. The second kappa shape index (κ2) is 38.5. The maximum Gasteiger partial charge on any atom is 0.472 e. The summed E-state index contributed by atoms with van der Waals surface area (Å²) in [6, 6.07) is -0.895. The third kappa shape index (κ3) is 36.2. The van der Waals surface area contributed by atoms with Crippen LogP contribution in [0.3, 0.4) is 0 Å². The molecule has 0 spiro atoms. The standard InChI is InChI=1S/C42H85N2O7P/c1-3-5-7-9-11-13-15-16-17-18-19-20-21-22-24-25-27-29-31-33-39(45)37-42(47)44-40(38-51-52(48,49)50-36-35-43)41(46)34-32-30-28-26-23-14-12-10-8-6-4-2/h20-21,39-41,45-46H,3-19,22-38,43H2,1-2H3,(H,44,47)(H,48,49)/b21-20-. The molecule has 4 atom stereocenters. The predicted molar refractivity (Wildman–Crippen MR) is 218 cm³/mol. The molecule has 0 fully saturated rings. The SMILES string of the molecule is CCCCCCCCCCCC/C=C\CCCCCCCC(O)CC(=O)NC(COP(=O)(O)OCCN)C(O)CCCCCCCCCCCCC. The van der Waals surface area contributed by atoms with Gasteiger partial charge in [-0.2, -0.15) is 0 Å². The number of allylic oxidation sites excluding steroid dienone is 2. The number of hydrogen-bond acceptors (Lipinski definition) is 7. The van der Waals surface area contributed by atoms with E-state index in [1.165, 1.54) is 135 Å². The van der Waals surface area contributed by atoms with Gasteiger partial charge in [-0.1, -0.05) is 180 Å². The summed E-state index contributed by atoms with van der Waals surface area (Å²) in [5.41, 5.74) is 5.36. The van der Waals surface area contributed by atoms with Gasteiger partial charge in [-0.3, -0.25) is 13.8 Å². The van der Waals surface area contributed by atoms with E-state index in [1.807, 2.05) is 0 Å². The molecule has 1 amide bonds. The van der Waals surface area contributed by atoms with Crippen molar-refractivity contribution in [3.8, 4) is 0 Å². The minimum atomic E-state index is -4.37. The van der Waals surface area contributed by atoms with Crippen molar-refractivity contribution in [2.75, 3.05) is 19.8 Å². The number of hydrogen-bond donors (Lipinski definition) is 5. The number of carbonyl (C=O) groups excluding carboxylic acids is 1. The molecule has 0 aliphatic carbocycles. The van der Waals surface area contributed by atoms with Crippen molar-refractivity contribution in [3.63, 3.8) is 0 Å². The maximum absolute atomic E-state index is 12.8. The molecule has 52 heavy (non-hydrogen) atoms. The number of nitrogens with two attached hydrogens (primary N) is 1. The van der Waals surface area contributed by atoms with Gasteiger partial charge in [0.2, 0.25) is 5.91 Å². The summed E-state index contributed by atoms with van der Waals surface area (Å²) in [5.74, 6) is -0.417. The highest BCUT2D eigenvalue weighted by Gasteiger charge is 2.28. The first-order valence-electron chi connectivity index (χ1n) is 21.9. The third-order valence-corrected chi connectivity index (χ3v) is 10.9. The third-order valence-electron chi connectivity index (χ3n) is 9.92. The van der Waals surface area contributed by atoms with E-state index in [-0.39, 0.29) is 26.2 Å². The highest BCUT2D eigenvalue weighted by molar-refractivity contribution is 7.47. The smallest absolute Gasteiger partial charge is 0.393 e. The summed E-state index contributed by atoms with van der Waals surface area (Å²) < 4.78 is 22.1. The average molecular weight is 761 g/mol. The first-order chi connectivity index (χ1) is 25.3. The van der Waals surface area contributed by atoms with Gasteiger partial charge in [-0.25, -0.2) is 4.57 Å². The number of aliphatic hydroxyl groups is 2. The summed E-state index contributed by atoms with van der Waals surface area (Å²) in [6.07, 6.45) is 38.3. The van der Waals surface area contributed by atoms with Crippen LogP contribution in [-0.4, -0.2) is 59.0 Å². The van der Waals surface area contributed by atoms with E-state index in [2.05, 4.69) is 31.3 Å². The molecule has 0 aromatic carbocycles. The Hall–Kier alpha value is -0.800. The first kappa shape index (κ1) is 51.2. The van der Waals surface area contributed by atoms with Crippen LogP contribution in [0.4, 0.5) is 0 Å². The Morgan fingerprint density at radius 1 is 0.635 bits per heavy atom.